The van der Waals surface area contributed by atoms with Crippen molar-refractivity contribution in [3.05, 3.63) is 59.7 Å². The molecular formula is C70H100N16O27. The zero-order valence-corrected chi connectivity index (χ0v) is 62.5. The highest BCUT2D eigenvalue weighted by molar-refractivity contribution is 6.05. The molecule has 25 N–H and O–H groups in total. The minimum absolute atomic E-state index is 0.0447. The fraction of sp³-hybridized carbons (Fsp3) is 0.543. The molecule has 622 valence electrons. The summed E-state index contributed by atoms with van der Waals surface area (Å²) in [4.78, 5) is 272. The number of anilines is 1. The minimum atomic E-state index is -2.46. The van der Waals surface area contributed by atoms with Crippen LogP contribution in [0.3, 0.4) is 0 Å². The summed E-state index contributed by atoms with van der Waals surface area (Å²) in [6.07, 6.45) is -4.18. The van der Waals surface area contributed by atoms with Gasteiger partial charge in [0.05, 0.1) is 51.8 Å². The molecule has 0 aromatic heterocycles. The highest BCUT2D eigenvalue weighted by Gasteiger charge is 2.41. The van der Waals surface area contributed by atoms with E-state index in [1.54, 1.807) is 0 Å². The molecule has 0 spiro atoms. The van der Waals surface area contributed by atoms with Crippen LogP contribution in [0.15, 0.2) is 48.5 Å². The van der Waals surface area contributed by atoms with Crippen LogP contribution in [0.4, 0.5) is 5.69 Å². The van der Waals surface area contributed by atoms with E-state index in [-0.39, 0.29) is 42.8 Å². The fourth-order valence-electron chi connectivity index (χ4n) is 11.1. The number of aliphatic carboxylic acids is 4. The highest BCUT2D eigenvalue weighted by Crippen LogP contribution is 2.19. The maximum absolute atomic E-state index is 14.8. The number of Topliss-reactive ketones (excluding diaryl/α,β-unsaturated/α-hetero) is 1. The Balaban J connectivity index is 2.29. The number of benzene rings is 2. The summed E-state index contributed by atoms with van der Waals surface area (Å²) in [6.45, 7) is 1.06. The number of rotatable bonds is 35. The number of nitrogens with one attached hydrogen (secondary N) is 13. The van der Waals surface area contributed by atoms with Gasteiger partial charge < -0.3 is 122 Å². The van der Waals surface area contributed by atoms with E-state index in [0.717, 1.165) is 52.9 Å². The first-order valence-corrected chi connectivity index (χ1v) is 36.0. The van der Waals surface area contributed by atoms with Crippen LogP contribution in [0.25, 0.3) is 0 Å². The second-order valence-corrected chi connectivity index (χ2v) is 26.6. The summed E-state index contributed by atoms with van der Waals surface area (Å²) in [5, 5.41) is 87.6. The van der Waals surface area contributed by atoms with Gasteiger partial charge in [-0.05, 0) is 75.4 Å². The SMILES string of the molecule is CCCCCCCCCC(=O)N[C@@H](Cc1ccc(O)cc1)C(=O)N[C@@H](CC(N)=O)C(=O)N[C@@H](CC(=O)O)C(=O)N[C@@H]1C(=O)NCC(=O)N[C@@H](CCCN)C(=O)N[C@@H](CC(=O)O)C(=O)N[C@H](C)C(=O)N[C@@H](CC(=O)O)C(=O)NCC(=O)N[C@H](CO)C(=O)N[C@@H]([C@@H](C)CC(=O)O)C(=O)N[C@@H](CC(=O)c2ccccc2N)C(=O)O[C@@H]1C. The standard InChI is InChI=1S/C70H100N16O27/c1-5-6-7-8-9-10-11-18-51(91)78-42(25-37-19-21-38(88)22-20-37)64(106)81-43(27-50(73)90)65(107)83-46(30-57(100)101)66(108)86-59-36(4)113-70(112)47(26-49(89)39-15-12-13-16-40(39)72)84-69(111)58(34(2)24-54(94)95)85-67(109)48(33-87)79-53(93)31-74-61(103)44(28-55(96)97)80-60(102)35(3)76-63(105)45(29-56(98)99)82-62(104)41(17-14-23-71)77-52(92)32-75-68(59)110/h12-13,15-16,19-22,34-36,41-48,58-59,87-88H,5-11,14,17-18,23-33,71-72H2,1-4H3,(H2,73,90)(H,74,103)(H,75,110)(H,76,105)(H,77,92)(H,78,91)(H,79,93)(H,80,102)(H,81,106)(H,82,104)(H,83,107)(H,84,111)(H,85,109)(H,86,108)(H,94,95)(H,96,97)(H,98,99)(H,100,101)/t34-,35+,36+,41-,42-,43-,44-,45-,46-,47-,48+,58-,59-/m0/s1. The van der Waals surface area contributed by atoms with E-state index < -0.39 is 261 Å². The lowest BCUT2D eigenvalue weighted by molar-refractivity contribution is -0.156. The number of carboxylic acid groups (broad SMARTS) is 4. The average molecular weight is 1600 g/mol. The molecule has 2 aromatic rings. The Labute approximate surface area is 646 Å². The van der Waals surface area contributed by atoms with Gasteiger partial charge in [-0.15, -0.1) is 0 Å². The first-order chi connectivity index (χ1) is 53.3. The van der Waals surface area contributed by atoms with Gasteiger partial charge in [0.25, 0.3) is 0 Å². The lowest BCUT2D eigenvalue weighted by Crippen LogP contribution is -2.62. The number of hydrogen-bond donors (Lipinski definition) is 22. The maximum atomic E-state index is 14.8. The normalized spacial score (nSPS) is 21.3. The van der Waals surface area contributed by atoms with Gasteiger partial charge in [-0.1, -0.05) is 76.6 Å². The van der Waals surface area contributed by atoms with Crippen molar-refractivity contribution in [2.24, 2.45) is 17.4 Å². The lowest BCUT2D eigenvalue weighted by Gasteiger charge is -2.30. The van der Waals surface area contributed by atoms with Crippen LogP contribution in [-0.2, 0) is 102 Å². The predicted octanol–water partition coefficient (Wildman–Crippen LogP) is -6.40. The van der Waals surface area contributed by atoms with Crippen molar-refractivity contribution < 1.29 is 131 Å². The zero-order chi connectivity index (χ0) is 84.8. The van der Waals surface area contributed by atoms with Crippen LogP contribution in [0, 0.1) is 5.92 Å². The number of unbranched alkanes of at least 4 members (excludes halogenated alkanes) is 6. The summed E-state index contributed by atoms with van der Waals surface area (Å²) < 4.78 is 5.66. The van der Waals surface area contributed by atoms with Gasteiger partial charge in [0.15, 0.2) is 5.78 Å². The Kier molecular flexibility index (Phi) is 40.5. The third kappa shape index (κ3) is 34.6. The number of nitrogen functional groups attached to an aromatic ring is 1. The fourth-order valence-corrected chi connectivity index (χ4v) is 11.1. The molecule has 0 bridgehead atoms. The summed E-state index contributed by atoms with van der Waals surface area (Å²) in [5.41, 5.74) is 17.2. The number of phenols is 1. The molecule has 0 saturated carbocycles. The predicted molar refractivity (Wildman–Crippen MR) is 390 cm³/mol. The average Bonchev–Trinajstić information content (AvgIpc) is 0.851. The van der Waals surface area contributed by atoms with E-state index in [1.807, 2.05) is 16.0 Å². The molecule has 1 heterocycles. The number of aliphatic hydroxyl groups excluding tert-OH is 1. The summed E-state index contributed by atoms with van der Waals surface area (Å²) in [7, 11) is 0. The van der Waals surface area contributed by atoms with Crippen molar-refractivity contribution >= 4 is 124 Å². The number of carbonyl (C=O) groups is 20. The van der Waals surface area contributed by atoms with Gasteiger partial charge in [-0.25, -0.2) is 4.79 Å². The van der Waals surface area contributed by atoms with Gasteiger partial charge in [-0.2, -0.15) is 0 Å². The van der Waals surface area contributed by atoms with Crippen LogP contribution in [0.2, 0.25) is 0 Å². The maximum Gasteiger partial charge on any atom is 0.329 e. The van der Waals surface area contributed by atoms with Gasteiger partial charge in [0.1, 0.15) is 78.3 Å². The van der Waals surface area contributed by atoms with Crippen LogP contribution in [0.5, 0.6) is 5.75 Å². The lowest BCUT2D eigenvalue weighted by atomic mass is 9.96. The smallest absolute Gasteiger partial charge is 0.329 e. The van der Waals surface area contributed by atoms with Gasteiger partial charge in [0, 0.05) is 30.5 Å². The number of carbonyl (C=O) groups excluding carboxylic acids is 16. The number of nitrogens with two attached hydrogens (primary N) is 3. The molecule has 1 saturated heterocycles. The van der Waals surface area contributed by atoms with Crippen molar-refractivity contribution in [1.82, 2.24) is 69.1 Å². The van der Waals surface area contributed by atoms with E-state index in [0.29, 0.717) is 18.4 Å². The number of hydrogen-bond acceptors (Lipinski definition) is 25. The van der Waals surface area contributed by atoms with Crippen LogP contribution >= 0.6 is 0 Å². The molecule has 0 aliphatic carbocycles. The molecule has 0 radical (unpaired) electrons. The van der Waals surface area contributed by atoms with Crippen LogP contribution in [-0.4, -0.2) is 248 Å². The van der Waals surface area contributed by atoms with E-state index >= 15 is 0 Å². The topological polar surface area (TPSA) is 706 Å². The van der Waals surface area contributed by atoms with E-state index in [1.165, 1.54) is 48.5 Å². The van der Waals surface area contributed by atoms with E-state index in [9.17, 15) is 127 Å². The number of esters is 1. The Morgan fingerprint density at radius 1 is 0.540 bits per heavy atom. The number of aromatic hydroxyl groups is 1. The number of cyclic esters (lactones) is 1. The van der Waals surface area contributed by atoms with Crippen molar-refractivity contribution in [3.8, 4) is 5.75 Å². The number of ether oxygens (including phenoxy) is 1. The monoisotopic (exact) mass is 1600 g/mol. The Hall–Kier alpha value is -12.4. The van der Waals surface area contributed by atoms with Crippen LogP contribution < -0.4 is 86.3 Å². The third-order valence-corrected chi connectivity index (χ3v) is 17.1. The number of para-hydroxylation sites is 1. The second-order valence-electron chi connectivity index (χ2n) is 26.6. The molecule has 14 amide bonds. The largest absolute Gasteiger partial charge is 0.508 e. The van der Waals surface area contributed by atoms with Crippen molar-refractivity contribution in [1.29, 1.82) is 0 Å². The number of carboxylic acids is 4. The van der Waals surface area contributed by atoms with Crippen LogP contribution in [0.1, 0.15) is 146 Å². The molecule has 0 unspecified atom stereocenters. The Morgan fingerprint density at radius 2 is 1.06 bits per heavy atom. The molecule has 1 fully saturated rings. The molecule has 1 aliphatic rings. The Morgan fingerprint density at radius 3 is 1.63 bits per heavy atom. The minimum Gasteiger partial charge on any atom is -0.508 e. The summed E-state index contributed by atoms with van der Waals surface area (Å²) in [5.74, 6) is -30.1. The van der Waals surface area contributed by atoms with Gasteiger partial charge in [0.2, 0.25) is 82.7 Å². The third-order valence-electron chi connectivity index (χ3n) is 17.1. The molecule has 43 heteroatoms. The van der Waals surface area contributed by atoms with Crippen molar-refractivity contribution in [2.45, 2.75) is 209 Å². The first kappa shape index (κ1) is 94.8. The number of aliphatic hydroxyl groups is 1. The second kappa shape index (κ2) is 48.3. The number of phenolic OH excluding ortho intramolecular Hbond substituents is 1. The van der Waals surface area contributed by atoms with Crippen molar-refractivity contribution in [3.63, 3.8) is 0 Å². The van der Waals surface area contributed by atoms with E-state index in [4.69, 9.17) is 21.9 Å². The Bertz CT molecular complexity index is 3770. The molecule has 13 atom stereocenters. The first-order valence-electron chi connectivity index (χ1n) is 36.0. The highest BCUT2D eigenvalue weighted by atomic mass is 16.5. The number of amides is 14. The molecule has 43 nitrogen and oxygen atoms in total. The number of primary amides is 1. The molecule has 2 aromatic carbocycles. The molecule has 113 heavy (non-hydrogen) atoms. The molecular weight excluding hydrogens is 1500 g/mol. The molecule has 1 aliphatic heterocycles. The van der Waals surface area contributed by atoms with E-state index in [2.05, 4.69) is 60.1 Å². The molecule has 3 rings (SSSR count). The number of ketones is 1. The van der Waals surface area contributed by atoms with Gasteiger partial charge >= 0.3 is 29.8 Å². The quantitative estimate of drug-likeness (QED) is 0.0132. The summed E-state index contributed by atoms with van der Waals surface area (Å²) >= 11 is 0. The van der Waals surface area contributed by atoms with Crippen molar-refractivity contribution in [2.75, 3.05) is 32.0 Å². The van der Waals surface area contributed by atoms with Gasteiger partial charge in [-0.3, -0.25) is 91.1 Å². The summed E-state index contributed by atoms with van der Waals surface area (Å²) in [6, 6.07) is -12.2. The zero-order valence-electron chi connectivity index (χ0n) is 62.5.